The van der Waals surface area contributed by atoms with Gasteiger partial charge in [-0.2, -0.15) is 0 Å². The molecule has 9 heteroatoms. The number of piperazine rings is 1. The van der Waals surface area contributed by atoms with Crippen LogP contribution >= 0.6 is 7.67 Å². The van der Waals surface area contributed by atoms with E-state index in [1.165, 1.54) is 25.7 Å². The van der Waals surface area contributed by atoms with Crippen LogP contribution in [0.25, 0.3) is 0 Å². The van der Waals surface area contributed by atoms with E-state index in [0.717, 1.165) is 12.8 Å². The van der Waals surface area contributed by atoms with Crippen LogP contribution in [0.4, 0.5) is 0 Å². The molecule has 0 bridgehead atoms. The molecule has 1 rings (SSSR count). The highest BCUT2D eigenvalue weighted by atomic mass is 31.2. The molecule has 0 saturated carbocycles. The Balaban J connectivity index is 2.63. The third-order valence-electron chi connectivity index (χ3n) is 5.64. The first-order chi connectivity index (χ1) is 14.4. The smallest absolute Gasteiger partial charge is 0.345 e. The van der Waals surface area contributed by atoms with Gasteiger partial charge in [-0.25, -0.2) is 9.34 Å². The van der Waals surface area contributed by atoms with Crippen LogP contribution in [0.3, 0.4) is 0 Å². The van der Waals surface area contributed by atoms with Crippen LogP contribution in [0.15, 0.2) is 0 Å². The van der Waals surface area contributed by atoms with Crippen molar-refractivity contribution >= 4 is 13.6 Å². The Bertz CT molecular complexity index is 577. The number of carbonyl (C=O) groups excluding carboxylic acids is 1. The quantitative estimate of drug-likeness (QED) is 0.310. The zero-order valence-corrected chi connectivity index (χ0v) is 21.7. The molecule has 0 spiro atoms. The fraction of sp³-hybridized carbons (Fsp3) is 0.955. The molecule has 0 aliphatic carbocycles. The third kappa shape index (κ3) is 9.10. The number of amides is 1. The highest BCUT2D eigenvalue weighted by molar-refractivity contribution is 7.53. The minimum Gasteiger partial charge on any atom is -0.391 e. The lowest BCUT2D eigenvalue weighted by atomic mass is 10.1. The van der Waals surface area contributed by atoms with Crippen molar-refractivity contribution in [3.63, 3.8) is 0 Å². The van der Waals surface area contributed by atoms with Crippen LogP contribution in [-0.2, 0) is 18.6 Å². The summed E-state index contributed by atoms with van der Waals surface area (Å²) < 4.78 is 29.0. The molecule has 0 aromatic carbocycles. The Kier molecular flexibility index (Phi) is 12.2. The lowest BCUT2D eigenvalue weighted by molar-refractivity contribution is -0.158. The normalized spacial score (nSPS) is 20.0. The van der Waals surface area contributed by atoms with Crippen molar-refractivity contribution in [3.8, 4) is 0 Å². The summed E-state index contributed by atoms with van der Waals surface area (Å²) in [6, 6.07) is 0. The van der Waals surface area contributed by atoms with E-state index in [2.05, 4.69) is 6.92 Å². The molecule has 0 aromatic rings. The zero-order chi connectivity index (χ0) is 23.7. The molecule has 1 aliphatic rings. The molecule has 1 saturated heterocycles. The number of aliphatic hydroxyl groups is 1. The summed E-state index contributed by atoms with van der Waals surface area (Å²) in [5, 5.41) is 9.44. The van der Waals surface area contributed by atoms with E-state index in [4.69, 9.17) is 9.26 Å². The molecule has 1 heterocycles. The minimum atomic E-state index is -3.14. The average molecular weight is 464 g/mol. The number of rotatable bonds is 14. The number of aliphatic hydroxyl groups excluding tert-OH is 1. The van der Waals surface area contributed by atoms with E-state index in [-0.39, 0.29) is 18.6 Å². The van der Waals surface area contributed by atoms with Gasteiger partial charge in [-0.05, 0) is 48.2 Å². The van der Waals surface area contributed by atoms with Gasteiger partial charge in [-0.3, -0.25) is 9.36 Å². The summed E-state index contributed by atoms with van der Waals surface area (Å²) in [6.45, 7) is 11.3. The Hall–Kier alpha value is -0.500. The molecule has 3 atom stereocenters. The number of nitrogens with zero attached hydrogens (tertiary/aromatic N) is 3. The highest BCUT2D eigenvalue weighted by Gasteiger charge is 2.41. The summed E-state index contributed by atoms with van der Waals surface area (Å²) in [5.74, 6) is -0.117. The van der Waals surface area contributed by atoms with Gasteiger partial charge in [0.1, 0.15) is 5.60 Å². The number of carbonyl (C=O) groups is 1. The summed E-state index contributed by atoms with van der Waals surface area (Å²) >= 11 is 0. The van der Waals surface area contributed by atoms with E-state index in [1.54, 1.807) is 44.4 Å². The van der Waals surface area contributed by atoms with E-state index in [0.29, 0.717) is 26.2 Å². The molecule has 3 unspecified atom stereocenters. The molecule has 184 valence electrons. The lowest BCUT2D eigenvalue weighted by Gasteiger charge is -2.42. The second kappa shape index (κ2) is 13.3. The zero-order valence-electron chi connectivity index (χ0n) is 20.8. The van der Waals surface area contributed by atoms with Gasteiger partial charge in [0.05, 0.1) is 18.8 Å². The predicted molar refractivity (Wildman–Crippen MR) is 125 cm³/mol. The van der Waals surface area contributed by atoms with Crippen LogP contribution in [0.2, 0.25) is 0 Å². The fourth-order valence-electron chi connectivity index (χ4n) is 3.66. The molecule has 1 N–H and O–H groups in total. The van der Waals surface area contributed by atoms with Gasteiger partial charge in [0, 0.05) is 26.2 Å². The van der Waals surface area contributed by atoms with Gasteiger partial charge in [0.15, 0.2) is 0 Å². The van der Waals surface area contributed by atoms with Crippen LogP contribution < -0.4 is 0 Å². The van der Waals surface area contributed by atoms with Gasteiger partial charge in [0.2, 0.25) is 0 Å². The molecule has 8 nitrogen and oxygen atoms in total. The van der Waals surface area contributed by atoms with Crippen molar-refractivity contribution in [3.05, 3.63) is 0 Å². The number of ether oxygens (including phenoxy) is 1. The molecule has 0 aromatic heterocycles. The van der Waals surface area contributed by atoms with Gasteiger partial charge in [0.25, 0.3) is 5.91 Å². The van der Waals surface area contributed by atoms with E-state index >= 15 is 0 Å². The van der Waals surface area contributed by atoms with Gasteiger partial charge in [-0.15, -0.1) is 0 Å². The van der Waals surface area contributed by atoms with Gasteiger partial charge < -0.3 is 19.3 Å². The topological polar surface area (TPSA) is 82.6 Å². The first-order valence-electron chi connectivity index (χ1n) is 11.8. The first kappa shape index (κ1) is 28.5. The largest absolute Gasteiger partial charge is 0.391 e. The molecular weight excluding hydrogens is 417 g/mol. The highest BCUT2D eigenvalue weighted by Crippen LogP contribution is 2.54. The van der Waals surface area contributed by atoms with Gasteiger partial charge in [-0.1, -0.05) is 39.0 Å². The Morgan fingerprint density at radius 1 is 1.10 bits per heavy atom. The third-order valence-corrected chi connectivity index (χ3v) is 8.40. The van der Waals surface area contributed by atoms with Crippen LogP contribution in [0.5, 0.6) is 0 Å². The number of hydrogen-bond donors (Lipinski definition) is 1. The van der Waals surface area contributed by atoms with Crippen molar-refractivity contribution in [2.45, 2.75) is 91.0 Å². The maximum atomic E-state index is 13.7. The SMILES string of the molecule is CCCCCCCC(C)OP(=O)(N(C)C)N1CCN(C(=O)C(C)(C)OCC(C)O)CC1. The molecule has 0 radical (unpaired) electrons. The maximum absolute atomic E-state index is 13.7. The number of unbranched alkanes of at least 4 members (excludes halogenated alkanes) is 4. The Morgan fingerprint density at radius 2 is 1.68 bits per heavy atom. The van der Waals surface area contributed by atoms with Crippen molar-refractivity contribution in [1.29, 1.82) is 0 Å². The maximum Gasteiger partial charge on any atom is 0.345 e. The summed E-state index contributed by atoms with van der Waals surface area (Å²) in [6.07, 6.45) is 6.18. The molecule has 1 fully saturated rings. The first-order valence-corrected chi connectivity index (χ1v) is 13.3. The van der Waals surface area contributed by atoms with E-state index in [9.17, 15) is 14.5 Å². The standard InChI is InChI=1S/C22H46N3O5P/c1-8-9-10-11-12-13-20(3)30-31(28,23(6)7)25-16-14-24(15-17-25)21(27)22(4,5)29-18-19(2)26/h19-20,26H,8-18H2,1-7H3. The summed E-state index contributed by atoms with van der Waals surface area (Å²) in [5.41, 5.74) is -1.01. The average Bonchev–Trinajstić information content (AvgIpc) is 2.71. The van der Waals surface area contributed by atoms with Crippen LogP contribution in [0, 0.1) is 0 Å². The molecule has 1 amide bonds. The van der Waals surface area contributed by atoms with Crippen LogP contribution in [0.1, 0.15) is 73.1 Å². The molecule has 31 heavy (non-hydrogen) atoms. The predicted octanol–water partition coefficient (Wildman–Crippen LogP) is 3.74. The number of hydrogen-bond acceptors (Lipinski definition) is 5. The Morgan fingerprint density at radius 3 is 2.19 bits per heavy atom. The second-order valence-electron chi connectivity index (χ2n) is 9.37. The van der Waals surface area contributed by atoms with Crippen molar-refractivity contribution in [2.24, 2.45) is 0 Å². The monoisotopic (exact) mass is 463 g/mol. The molecular formula is C22H46N3O5P. The van der Waals surface area contributed by atoms with Crippen LogP contribution in [-0.4, -0.2) is 89.9 Å². The summed E-state index contributed by atoms with van der Waals surface area (Å²) in [7, 11) is 0.439. The van der Waals surface area contributed by atoms with Crippen molar-refractivity contribution < 1.29 is 23.7 Å². The van der Waals surface area contributed by atoms with E-state index in [1.807, 2.05) is 11.6 Å². The van der Waals surface area contributed by atoms with Crippen molar-refractivity contribution in [1.82, 2.24) is 14.2 Å². The summed E-state index contributed by atoms with van der Waals surface area (Å²) in [4.78, 5) is 14.6. The van der Waals surface area contributed by atoms with Gasteiger partial charge >= 0.3 is 7.67 Å². The fourth-order valence-corrected chi connectivity index (χ4v) is 5.75. The molecule has 1 aliphatic heterocycles. The lowest BCUT2D eigenvalue weighted by Crippen LogP contribution is -2.55. The Labute approximate surface area is 189 Å². The van der Waals surface area contributed by atoms with Crippen molar-refractivity contribution in [2.75, 3.05) is 46.9 Å². The minimum absolute atomic E-state index is 0.0812. The second-order valence-corrected chi connectivity index (χ2v) is 11.9. The van der Waals surface area contributed by atoms with E-state index < -0.39 is 19.4 Å².